The number of nitriles is 2. The number of hydrogen-bond donors (Lipinski definition) is 1. The van der Waals surface area contributed by atoms with Crippen LogP contribution in [-0.4, -0.2) is 36.5 Å². The third kappa shape index (κ3) is 5.70. The van der Waals surface area contributed by atoms with Gasteiger partial charge in [0.05, 0.1) is 47.5 Å². The van der Waals surface area contributed by atoms with Crippen LogP contribution in [0.4, 0.5) is 5.95 Å². The zero-order valence-corrected chi connectivity index (χ0v) is 20.6. The Bertz CT molecular complexity index is 1440. The molecule has 9 heteroatoms. The van der Waals surface area contributed by atoms with Crippen LogP contribution in [0.5, 0.6) is 0 Å². The minimum atomic E-state index is -0.333. The van der Waals surface area contributed by atoms with Gasteiger partial charge in [-0.2, -0.15) is 10.5 Å². The van der Waals surface area contributed by atoms with Gasteiger partial charge >= 0.3 is 0 Å². The number of benzene rings is 1. The van der Waals surface area contributed by atoms with Crippen LogP contribution in [0.2, 0.25) is 0 Å². The van der Waals surface area contributed by atoms with E-state index < -0.39 is 0 Å². The van der Waals surface area contributed by atoms with Gasteiger partial charge < -0.3 is 5.32 Å². The van der Waals surface area contributed by atoms with Crippen molar-refractivity contribution in [3.8, 4) is 34.8 Å². The second kappa shape index (κ2) is 10.7. The highest BCUT2D eigenvalue weighted by molar-refractivity contribution is 5.68. The van der Waals surface area contributed by atoms with Crippen molar-refractivity contribution in [3.63, 3.8) is 0 Å². The molecule has 180 valence electrons. The largest absolute Gasteiger partial charge is 0.354 e. The topological polar surface area (TPSA) is 129 Å². The van der Waals surface area contributed by atoms with E-state index in [4.69, 9.17) is 10.2 Å². The lowest BCUT2D eigenvalue weighted by atomic mass is 9.86. The van der Waals surface area contributed by atoms with E-state index in [1.54, 1.807) is 16.8 Å². The van der Waals surface area contributed by atoms with Crippen molar-refractivity contribution in [2.45, 2.75) is 45.6 Å². The first-order chi connectivity index (χ1) is 17.4. The zero-order valence-electron chi connectivity index (χ0n) is 20.6. The van der Waals surface area contributed by atoms with Crippen LogP contribution >= 0.6 is 0 Å². The van der Waals surface area contributed by atoms with E-state index in [1.165, 1.54) is 0 Å². The maximum Gasteiger partial charge on any atom is 0.223 e. The standard InChI is InChI=1S/C27H27N9/c1-4-13-30-26-32-22(20-8-5-7-19(14-20)16-29)15-23(33-26)24-18-36(35-34-24)17-21-9-6-10-25(31-21)27(2,3)11-12-28/h5-10,14-15,18H,4,11,13,17H2,1-3H3,(H,30,32,33). The maximum atomic E-state index is 9.29. The monoisotopic (exact) mass is 477 g/mol. The summed E-state index contributed by atoms with van der Waals surface area (Å²) in [6.07, 6.45) is 3.15. The second-order valence-corrected chi connectivity index (χ2v) is 9.12. The van der Waals surface area contributed by atoms with Gasteiger partial charge in [-0.25, -0.2) is 14.6 Å². The molecule has 0 fully saturated rings. The summed E-state index contributed by atoms with van der Waals surface area (Å²) in [6, 6.07) is 19.4. The summed E-state index contributed by atoms with van der Waals surface area (Å²) in [6.45, 7) is 7.27. The highest BCUT2D eigenvalue weighted by atomic mass is 15.4. The molecule has 0 aliphatic heterocycles. The van der Waals surface area contributed by atoms with E-state index >= 15 is 0 Å². The highest BCUT2D eigenvalue weighted by Crippen LogP contribution is 2.26. The van der Waals surface area contributed by atoms with Crippen molar-refractivity contribution in [2.24, 2.45) is 0 Å². The molecule has 0 unspecified atom stereocenters. The summed E-state index contributed by atoms with van der Waals surface area (Å²) in [5.74, 6) is 0.496. The van der Waals surface area contributed by atoms with E-state index in [0.717, 1.165) is 29.9 Å². The van der Waals surface area contributed by atoms with Crippen molar-refractivity contribution >= 4 is 5.95 Å². The third-order valence-electron chi connectivity index (χ3n) is 5.69. The molecule has 4 rings (SSSR count). The fourth-order valence-electron chi connectivity index (χ4n) is 3.68. The zero-order chi connectivity index (χ0) is 25.5. The van der Waals surface area contributed by atoms with Gasteiger partial charge in [-0.05, 0) is 36.8 Å². The highest BCUT2D eigenvalue weighted by Gasteiger charge is 2.22. The Balaban J connectivity index is 1.64. The first kappa shape index (κ1) is 24.5. The van der Waals surface area contributed by atoms with Crippen LogP contribution < -0.4 is 5.32 Å². The van der Waals surface area contributed by atoms with Crippen molar-refractivity contribution in [2.75, 3.05) is 11.9 Å². The van der Waals surface area contributed by atoms with Crippen LogP contribution in [0.25, 0.3) is 22.6 Å². The molecule has 0 bridgehead atoms. The molecule has 0 saturated heterocycles. The van der Waals surface area contributed by atoms with E-state index in [9.17, 15) is 5.26 Å². The molecule has 0 saturated carbocycles. The number of nitrogens with zero attached hydrogens (tertiary/aromatic N) is 8. The molecule has 0 aliphatic carbocycles. The summed E-state index contributed by atoms with van der Waals surface area (Å²) in [5.41, 5.74) is 4.69. The van der Waals surface area contributed by atoms with Gasteiger partial charge in [0.2, 0.25) is 5.95 Å². The number of hydrogen-bond acceptors (Lipinski definition) is 8. The van der Waals surface area contributed by atoms with Crippen LogP contribution in [-0.2, 0) is 12.0 Å². The van der Waals surface area contributed by atoms with Gasteiger partial charge in [-0.3, -0.25) is 4.98 Å². The Hall–Kier alpha value is -4.63. The van der Waals surface area contributed by atoms with Crippen LogP contribution in [0.15, 0.2) is 54.7 Å². The molecule has 1 N–H and O–H groups in total. The van der Waals surface area contributed by atoms with Crippen LogP contribution in [0.1, 0.15) is 50.6 Å². The predicted molar refractivity (Wildman–Crippen MR) is 137 cm³/mol. The Labute approximate surface area is 210 Å². The lowest BCUT2D eigenvalue weighted by Crippen LogP contribution is -2.19. The lowest BCUT2D eigenvalue weighted by Gasteiger charge is -2.21. The first-order valence-corrected chi connectivity index (χ1v) is 11.8. The molecule has 0 radical (unpaired) electrons. The number of aromatic nitrogens is 6. The molecule has 9 nitrogen and oxygen atoms in total. The third-order valence-corrected chi connectivity index (χ3v) is 5.69. The second-order valence-electron chi connectivity index (χ2n) is 9.12. The summed E-state index contributed by atoms with van der Waals surface area (Å²) in [4.78, 5) is 14.0. The minimum Gasteiger partial charge on any atom is -0.354 e. The van der Waals surface area contributed by atoms with Gasteiger partial charge in [-0.15, -0.1) is 5.10 Å². The van der Waals surface area contributed by atoms with Crippen molar-refractivity contribution in [3.05, 3.63) is 71.7 Å². The average Bonchev–Trinajstić information content (AvgIpc) is 3.36. The minimum absolute atomic E-state index is 0.333. The molecular formula is C27H27N9. The summed E-state index contributed by atoms with van der Waals surface area (Å²) < 4.78 is 1.72. The molecule has 0 aliphatic rings. The van der Waals surface area contributed by atoms with Gasteiger partial charge in [0, 0.05) is 29.6 Å². The first-order valence-electron chi connectivity index (χ1n) is 11.8. The average molecular weight is 478 g/mol. The number of nitrogens with one attached hydrogen (secondary N) is 1. The van der Waals surface area contributed by atoms with E-state index in [1.807, 2.05) is 56.4 Å². The van der Waals surface area contributed by atoms with Crippen molar-refractivity contribution < 1.29 is 0 Å². The maximum absolute atomic E-state index is 9.29. The van der Waals surface area contributed by atoms with Crippen molar-refractivity contribution in [1.29, 1.82) is 10.5 Å². The fraction of sp³-hybridized carbons (Fsp3) is 0.296. The molecule has 0 amide bonds. The summed E-state index contributed by atoms with van der Waals surface area (Å²) >= 11 is 0. The number of rotatable bonds is 9. The molecule has 1 aromatic carbocycles. The summed E-state index contributed by atoms with van der Waals surface area (Å²) in [5, 5.41) is 30.3. The molecule has 3 heterocycles. The Kier molecular flexibility index (Phi) is 7.31. The van der Waals surface area contributed by atoms with Crippen LogP contribution in [0, 0.1) is 22.7 Å². The SMILES string of the molecule is CCCNc1nc(-c2cccc(C#N)c2)cc(-c2cn(Cc3cccc(C(C)(C)CC#N)n3)nn2)n1. The lowest BCUT2D eigenvalue weighted by molar-refractivity contribution is 0.516. The quantitative estimate of drug-likeness (QED) is 0.366. The molecular weight excluding hydrogens is 450 g/mol. The molecule has 0 spiro atoms. The predicted octanol–water partition coefficient (Wildman–Crippen LogP) is 4.73. The van der Waals surface area contributed by atoms with E-state index in [0.29, 0.717) is 41.6 Å². The molecule has 0 atom stereocenters. The Morgan fingerprint density at radius 2 is 1.78 bits per heavy atom. The van der Waals surface area contributed by atoms with E-state index in [-0.39, 0.29) is 5.41 Å². The van der Waals surface area contributed by atoms with Gasteiger partial charge in [0.15, 0.2) is 0 Å². The summed E-state index contributed by atoms with van der Waals surface area (Å²) in [7, 11) is 0. The van der Waals surface area contributed by atoms with Gasteiger partial charge in [0.25, 0.3) is 0 Å². The van der Waals surface area contributed by atoms with E-state index in [2.05, 4.69) is 44.7 Å². The van der Waals surface area contributed by atoms with Crippen LogP contribution in [0.3, 0.4) is 0 Å². The Morgan fingerprint density at radius 3 is 2.56 bits per heavy atom. The smallest absolute Gasteiger partial charge is 0.223 e. The van der Waals surface area contributed by atoms with Crippen molar-refractivity contribution in [1.82, 2.24) is 29.9 Å². The molecule has 36 heavy (non-hydrogen) atoms. The van der Waals surface area contributed by atoms with Gasteiger partial charge in [0.1, 0.15) is 5.69 Å². The van der Waals surface area contributed by atoms with Gasteiger partial charge in [-0.1, -0.05) is 44.2 Å². The normalized spacial score (nSPS) is 11.0. The fourth-order valence-corrected chi connectivity index (χ4v) is 3.68. The molecule has 4 aromatic rings. The number of anilines is 1. The Morgan fingerprint density at radius 1 is 0.972 bits per heavy atom. The number of pyridine rings is 1. The molecule has 3 aromatic heterocycles.